The Labute approximate surface area is 201 Å². The Kier molecular flexibility index (Phi) is 6.99. The van der Waals surface area contributed by atoms with Crippen LogP contribution in [-0.2, 0) is 20.5 Å². The summed E-state index contributed by atoms with van der Waals surface area (Å²) < 4.78 is 89.7. The molecule has 11 heteroatoms. The summed E-state index contributed by atoms with van der Waals surface area (Å²) in [5.74, 6) is -7.99. The number of carbonyl (C=O) groups is 1. The zero-order chi connectivity index (χ0) is 25.5. The average Bonchev–Trinajstić information content (AvgIpc) is 3.35. The molecule has 1 aliphatic carbocycles. The maximum absolute atomic E-state index is 14.2. The molecule has 1 unspecified atom stereocenters. The van der Waals surface area contributed by atoms with Gasteiger partial charge in [-0.2, -0.15) is 0 Å². The van der Waals surface area contributed by atoms with Crippen molar-refractivity contribution in [2.24, 2.45) is 5.92 Å². The molecule has 1 atom stereocenters. The Bertz CT molecular complexity index is 1230. The van der Waals surface area contributed by atoms with Crippen molar-refractivity contribution in [3.8, 4) is 0 Å². The van der Waals surface area contributed by atoms with Crippen molar-refractivity contribution >= 4 is 27.5 Å². The number of hydrogen-bond acceptors (Lipinski definition) is 4. The maximum Gasteiger partial charge on any atom is 0.414 e. The second-order valence-electron chi connectivity index (χ2n) is 8.99. The predicted molar refractivity (Wildman–Crippen MR) is 123 cm³/mol. The molecule has 4 rings (SSSR count). The highest BCUT2D eigenvalue weighted by Gasteiger charge is 2.38. The van der Waals surface area contributed by atoms with E-state index >= 15 is 0 Å². The largest absolute Gasteiger partial charge is 0.441 e. The molecule has 1 fully saturated rings. The van der Waals surface area contributed by atoms with Gasteiger partial charge >= 0.3 is 6.09 Å². The number of halogens is 4. The number of ether oxygens (including phenoxy) is 1. The number of anilines is 2. The summed E-state index contributed by atoms with van der Waals surface area (Å²) in [4.78, 5) is 14.1. The van der Waals surface area contributed by atoms with Crippen LogP contribution in [0.5, 0.6) is 0 Å². The van der Waals surface area contributed by atoms with Crippen LogP contribution in [0.2, 0.25) is 0 Å². The molecule has 0 radical (unpaired) electrons. The fraction of sp³-hybridized carbons (Fsp3) is 0.458. The molecule has 6 nitrogen and oxygen atoms in total. The van der Waals surface area contributed by atoms with Crippen LogP contribution in [0.1, 0.15) is 61.8 Å². The Hall–Kier alpha value is -2.82. The monoisotopic (exact) mass is 514 g/mol. The summed E-state index contributed by atoms with van der Waals surface area (Å²) >= 11 is 0. The molecule has 0 bridgehead atoms. The van der Waals surface area contributed by atoms with Crippen LogP contribution in [0, 0.1) is 36.1 Å². The highest BCUT2D eigenvalue weighted by molar-refractivity contribution is 7.91. The number of cyclic esters (lactones) is 1. The first-order valence-electron chi connectivity index (χ1n) is 11.5. The van der Waals surface area contributed by atoms with Gasteiger partial charge in [0.25, 0.3) is 0 Å². The number of sulfonamides is 1. The van der Waals surface area contributed by atoms with E-state index in [-0.39, 0.29) is 11.6 Å². The van der Waals surface area contributed by atoms with Crippen LogP contribution in [0.4, 0.5) is 33.7 Å². The van der Waals surface area contributed by atoms with Crippen molar-refractivity contribution in [1.29, 1.82) is 0 Å². The second kappa shape index (κ2) is 9.67. The summed E-state index contributed by atoms with van der Waals surface area (Å²) in [5, 5.41) is 0. The van der Waals surface area contributed by atoms with E-state index in [4.69, 9.17) is 4.74 Å². The smallest absolute Gasteiger partial charge is 0.414 e. The van der Waals surface area contributed by atoms with Crippen LogP contribution in [0.3, 0.4) is 0 Å². The van der Waals surface area contributed by atoms with Crippen molar-refractivity contribution in [1.82, 2.24) is 0 Å². The SMILES string of the molecule is CCCN1C(=O)OC(C2CCCC2)c2cc(NS(=O)(=O)Cc3c(F)c(F)c(C)c(F)c3F)ccc21. The molecule has 0 saturated heterocycles. The van der Waals surface area contributed by atoms with E-state index in [1.165, 1.54) is 17.0 Å². The summed E-state index contributed by atoms with van der Waals surface area (Å²) in [6, 6.07) is 4.55. The summed E-state index contributed by atoms with van der Waals surface area (Å²) in [7, 11) is -4.46. The van der Waals surface area contributed by atoms with E-state index in [1.54, 1.807) is 6.07 Å². The lowest BCUT2D eigenvalue weighted by Gasteiger charge is -2.36. The van der Waals surface area contributed by atoms with Gasteiger partial charge in [-0.1, -0.05) is 19.8 Å². The number of amides is 1. The van der Waals surface area contributed by atoms with Crippen LogP contribution < -0.4 is 9.62 Å². The van der Waals surface area contributed by atoms with Crippen LogP contribution in [0.25, 0.3) is 0 Å². The van der Waals surface area contributed by atoms with Gasteiger partial charge in [-0.05, 0) is 44.4 Å². The van der Waals surface area contributed by atoms with Gasteiger partial charge in [-0.25, -0.2) is 30.8 Å². The zero-order valence-electron chi connectivity index (χ0n) is 19.3. The molecule has 2 aliphatic rings. The van der Waals surface area contributed by atoms with Gasteiger partial charge in [0, 0.05) is 34.8 Å². The quantitative estimate of drug-likeness (QED) is 0.358. The van der Waals surface area contributed by atoms with Gasteiger partial charge < -0.3 is 4.74 Å². The van der Waals surface area contributed by atoms with Gasteiger partial charge in [0.2, 0.25) is 10.0 Å². The Morgan fingerprint density at radius 3 is 2.29 bits per heavy atom. The molecular formula is C24H26F4N2O4S. The van der Waals surface area contributed by atoms with Gasteiger partial charge in [0.15, 0.2) is 23.3 Å². The predicted octanol–water partition coefficient (Wildman–Crippen LogP) is 6.09. The highest BCUT2D eigenvalue weighted by atomic mass is 32.2. The molecule has 1 N–H and O–H groups in total. The third-order valence-corrected chi connectivity index (χ3v) is 7.75. The van der Waals surface area contributed by atoms with E-state index in [9.17, 15) is 30.8 Å². The lowest BCUT2D eigenvalue weighted by atomic mass is 9.91. The molecular weight excluding hydrogens is 488 g/mol. The number of nitrogens with zero attached hydrogens (tertiary/aromatic N) is 1. The lowest BCUT2D eigenvalue weighted by Crippen LogP contribution is -2.39. The minimum atomic E-state index is -4.46. The third-order valence-electron chi connectivity index (χ3n) is 6.53. The third kappa shape index (κ3) is 4.82. The first-order chi connectivity index (χ1) is 16.5. The Morgan fingerprint density at radius 2 is 1.69 bits per heavy atom. The van der Waals surface area contributed by atoms with Crippen LogP contribution in [0.15, 0.2) is 18.2 Å². The maximum atomic E-state index is 14.2. The number of hydrogen-bond donors (Lipinski definition) is 1. The van der Waals surface area contributed by atoms with E-state index in [1.807, 2.05) is 6.92 Å². The van der Waals surface area contributed by atoms with Crippen molar-refractivity contribution in [3.63, 3.8) is 0 Å². The molecule has 190 valence electrons. The number of benzene rings is 2. The minimum Gasteiger partial charge on any atom is -0.441 e. The van der Waals surface area contributed by atoms with Gasteiger partial charge in [0.1, 0.15) is 11.9 Å². The first-order valence-corrected chi connectivity index (χ1v) is 13.1. The van der Waals surface area contributed by atoms with E-state index < -0.39 is 62.4 Å². The highest BCUT2D eigenvalue weighted by Crippen LogP contribution is 2.45. The molecule has 1 aliphatic heterocycles. The average molecular weight is 515 g/mol. The number of fused-ring (bicyclic) bond motifs is 1. The van der Waals surface area contributed by atoms with Crippen molar-refractivity contribution in [2.45, 2.75) is 57.8 Å². The summed E-state index contributed by atoms with van der Waals surface area (Å²) in [6.45, 7) is 3.18. The summed E-state index contributed by atoms with van der Waals surface area (Å²) in [6.07, 6.45) is 3.40. The Morgan fingerprint density at radius 1 is 1.06 bits per heavy atom. The number of nitrogens with one attached hydrogen (secondary N) is 1. The van der Waals surface area contributed by atoms with Gasteiger partial charge in [-0.3, -0.25) is 9.62 Å². The molecule has 1 amide bonds. The second-order valence-corrected chi connectivity index (χ2v) is 10.7. The molecule has 2 aromatic rings. The van der Waals surface area contributed by atoms with Crippen LogP contribution >= 0.6 is 0 Å². The van der Waals surface area contributed by atoms with E-state index in [0.717, 1.165) is 32.6 Å². The fourth-order valence-electron chi connectivity index (χ4n) is 4.79. The van der Waals surface area contributed by atoms with Crippen molar-refractivity contribution in [2.75, 3.05) is 16.2 Å². The number of carbonyl (C=O) groups excluding carboxylic acids is 1. The first kappa shape index (κ1) is 25.3. The van der Waals surface area contributed by atoms with Crippen molar-refractivity contribution in [3.05, 3.63) is 58.2 Å². The Balaban J connectivity index is 1.67. The van der Waals surface area contributed by atoms with Crippen LogP contribution in [-0.4, -0.2) is 21.1 Å². The molecule has 2 aromatic carbocycles. The zero-order valence-corrected chi connectivity index (χ0v) is 20.2. The molecule has 0 spiro atoms. The standard InChI is InChI=1S/C24H26F4N2O4S/c1-3-10-30-18-9-8-15(11-16(18)23(34-24(30)31)14-6-4-5-7-14)29-35(32,33)12-17-21(27)19(25)13(2)20(26)22(17)28/h8-9,11,14,23,29H,3-7,10,12H2,1-2H3. The molecule has 35 heavy (non-hydrogen) atoms. The molecule has 1 saturated carbocycles. The molecule has 1 heterocycles. The fourth-order valence-corrected chi connectivity index (χ4v) is 5.98. The van der Waals surface area contributed by atoms with Crippen molar-refractivity contribution < 1.29 is 35.5 Å². The lowest BCUT2D eigenvalue weighted by molar-refractivity contribution is 0.0616. The normalized spacial score (nSPS) is 18.5. The molecule has 0 aromatic heterocycles. The number of rotatable bonds is 7. The van der Waals surface area contributed by atoms with Gasteiger partial charge in [0.05, 0.1) is 5.69 Å². The van der Waals surface area contributed by atoms with E-state index in [0.29, 0.717) is 24.2 Å². The summed E-state index contributed by atoms with van der Waals surface area (Å²) in [5.41, 5.74) is -0.761. The van der Waals surface area contributed by atoms with E-state index in [2.05, 4.69) is 4.72 Å². The minimum absolute atomic E-state index is 0.0787. The van der Waals surface area contributed by atoms with Gasteiger partial charge in [-0.15, -0.1) is 0 Å². The topological polar surface area (TPSA) is 75.7 Å².